The minimum Gasteiger partial charge on any atom is -0.748 e. The zero-order valence-electron chi connectivity index (χ0n) is 13.9. The van der Waals surface area contributed by atoms with Gasteiger partial charge in [-0.25, -0.2) is 0 Å². The van der Waals surface area contributed by atoms with Crippen LogP contribution in [0, 0.1) is 11.5 Å². The van der Waals surface area contributed by atoms with Crippen molar-refractivity contribution >= 4 is 8.07 Å². The maximum absolute atomic E-state index is 3.38. The van der Waals surface area contributed by atoms with Crippen LogP contribution in [0.3, 0.4) is 0 Å². The smallest absolute Gasteiger partial charge is 0.129 e. The number of rotatable bonds is 1. The standard InChI is InChI=1S/C16H17Si.C5H5.Fe/c1-17(2,3)13-12-14-8-10-16(11-9-14)15-6-4-5-7-15;1-2-4-5-3-1;/h4-11H,1-3H3;1-5H;/q-1;-5;. The van der Waals surface area contributed by atoms with E-state index in [-0.39, 0.29) is 17.1 Å². The summed E-state index contributed by atoms with van der Waals surface area (Å²) < 4.78 is 0. The zero-order valence-corrected chi connectivity index (χ0v) is 16.0. The SMILES string of the molecule is C[Si](C)(C)C#Cc1ccc(-[c-]2cccc2)cc1.[Fe].[cH-]1[cH-][cH-][cH-][cH-]1. The number of hydrogen-bond donors (Lipinski definition) is 0. The third-order valence-electron chi connectivity index (χ3n) is 3.02. The Bertz CT molecular complexity index is 686. The Morgan fingerprint density at radius 3 is 1.74 bits per heavy atom. The average molecular weight is 358 g/mol. The van der Waals surface area contributed by atoms with E-state index in [2.05, 4.69) is 79.6 Å². The van der Waals surface area contributed by atoms with Gasteiger partial charge in [0.2, 0.25) is 0 Å². The Hall–Kier alpha value is -1.78. The van der Waals surface area contributed by atoms with Crippen LogP contribution in [0.2, 0.25) is 19.6 Å². The Labute approximate surface area is 151 Å². The molecule has 0 aliphatic rings. The molecule has 0 atom stereocenters. The van der Waals surface area contributed by atoms with Gasteiger partial charge in [0.1, 0.15) is 8.07 Å². The Kier molecular flexibility index (Phi) is 7.85. The van der Waals surface area contributed by atoms with Crippen molar-refractivity contribution in [2.45, 2.75) is 19.6 Å². The first-order valence-electron chi connectivity index (χ1n) is 7.57. The summed E-state index contributed by atoms with van der Waals surface area (Å²) in [4.78, 5) is 0. The second-order valence-electron chi connectivity index (χ2n) is 6.21. The molecule has 0 N–H and O–H groups in total. The molecule has 3 aromatic rings. The van der Waals surface area contributed by atoms with Crippen molar-refractivity contribution in [2.24, 2.45) is 0 Å². The van der Waals surface area contributed by atoms with E-state index in [0.717, 1.165) is 5.56 Å². The average Bonchev–Trinajstić information content (AvgIpc) is 3.20. The molecule has 0 saturated heterocycles. The van der Waals surface area contributed by atoms with Crippen molar-refractivity contribution in [3.8, 4) is 22.6 Å². The normalized spacial score (nSPS) is 9.70. The molecular weight excluding hydrogens is 336 g/mol. The quantitative estimate of drug-likeness (QED) is 0.297. The summed E-state index contributed by atoms with van der Waals surface area (Å²) >= 11 is 0. The molecule has 0 unspecified atom stereocenters. The summed E-state index contributed by atoms with van der Waals surface area (Å²) in [6.07, 6.45) is 0. The van der Waals surface area contributed by atoms with E-state index in [0.29, 0.717) is 0 Å². The van der Waals surface area contributed by atoms with E-state index in [4.69, 9.17) is 0 Å². The summed E-state index contributed by atoms with van der Waals surface area (Å²) in [5, 5.41) is 0. The largest absolute Gasteiger partial charge is 0.748 e. The predicted molar refractivity (Wildman–Crippen MR) is 99.7 cm³/mol. The van der Waals surface area contributed by atoms with Crippen molar-refractivity contribution in [3.05, 3.63) is 84.4 Å². The first-order valence-corrected chi connectivity index (χ1v) is 11.1. The monoisotopic (exact) mass is 358 g/mol. The van der Waals surface area contributed by atoms with E-state index in [1.165, 1.54) is 11.1 Å². The molecule has 0 amide bonds. The third kappa shape index (κ3) is 7.35. The van der Waals surface area contributed by atoms with Crippen LogP contribution in [0.5, 0.6) is 0 Å². The van der Waals surface area contributed by atoms with E-state index >= 15 is 0 Å². The van der Waals surface area contributed by atoms with Crippen molar-refractivity contribution < 1.29 is 17.1 Å². The van der Waals surface area contributed by atoms with Crippen LogP contribution in [0.4, 0.5) is 0 Å². The molecule has 124 valence electrons. The predicted octanol–water partition coefficient (Wildman–Crippen LogP) is 5.70. The van der Waals surface area contributed by atoms with Crippen molar-refractivity contribution in [1.82, 2.24) is 0 Å². The second-order valence-corrected chi connectivity index (χ2v) is 11.0. The fraction of sp³-hybridized carbons (Fsp3) is 0.143. The van der Waals surface area contributed by atoms with E-state index in [1.54, 1.807) is 0 Å². The van der Waals surface area contributed by atoms with Crippen molar-refractivity contribution in [2.75, 3.05) is 0 Å². The Morgan fingerprint density at radius 1 is 0.826 bits per heavy atom. The van der Waals surface area contributed by atoms with Crippen LogP contribution in [0.15, 0.2) is 78.9 Å². The fourth-order valence-corrected chi connectivity index (χ4v) is 2.41. The van der Waals surface area contributed by atoms with Gasteiger partial charge in [0.15, 0.2) is 0 Å². The van der Waals surface area contributed by atoms with Gasteiger partial charge in [0.25, 0.3) is 0 Å². The topological polar surface area (TPSA) is 0 Å². The summed E-state index contributed by atoms with van der Waals surface area (Å²) in [5.41, 5.74) is 7.03. The van der Waals surface area contributed by atoms with Crippen LogP contribution >= 0.6 is 0 Å². The number of benzene rings is 1. The molecule has 0 radical (unpaired) electrons. The van der Waals surface area contributed by atoms with Gasteiger partial charge in [-0.3, -0.25) is 0 Å². The summed E-state index contributed by atoms with van der Waals surface area (Å²) in [7, 11) is -1.27. The van der Waals surface area contributed by atoms with Crippen LogP contribution in [0.25, 0.3) is 11.1 Å². The molecule has 0 nitrogen and oxygen atoms in total. The fourth-order valence-electron chi connectivity index (χ4n) is 1.89. The van der Waals surface area contributed by atoms with Gasteiger partial charge in [-0.1, -0.05) is 43.3 Å². The maximum atomic E-state index is 3.38. The van der Waals surface area contributed by atoms with Gasteiger partial charge in [-0.2, -0.15) is 12.1 Å². The molecule has 2 heteroatoms. The molecule has 0 aromatic heterocycles. The van der Waals surface area contributed by atoms with Crippen molar-refractivity contribution in [3.63, 3.8) is 0 Å². The Balaban J connectivity index is 0.000000377. The summed E-state index contributed by atoms with van der Waals surface area (Å²) in [6, 6.07) is 26.9. The molecule has 3 rings (SSSR count). The van der Waals surface area contributed by atoms with Gasteiger partial charge in [0.05, 0.1) is 0 Å². The molecule has 23 heavy (non-hydrogen) atoms. The number of hydrogen-bond acceptors (Lipinski definition) is 0. The van der Waals surface area contributed by atoms with Gasteiger partial charge >= 0.3 is 0 Å². The van der Waals surface area contributed by atoms with Gasteiger partial charge in [0, 0.05) is 22.6 Å². The zero-order chi connectivity index (χ0) is 15.8. The minimum atomic E-state index is -1.27. The van der Waals surface area contributed by atoms with E-state index < -0.39 is 8.07 Å². The van der Waals surface area contributed by atoms with Crippen molar-refractivity contribution in [1.29, 1.82) is 0 Å². The molecule has 0 fully saturated rings. The van der Waals surface area contributed by atoms with Crippen LogP contribution in [0.1, 0.15) is 5.56 Å². The molecule has 0 bridgehead atoms. The van der Waals surface area contributed by atoms with E-state index in [9.17, 15) is 0 Å². The molecule has 0 heterocycles. The van der Waals surface area contributed by atoms with Gasteiger partial charge in [-0.05, 0) is 0 Å². The maximum Gasteiger partial charge on any atom is 0.129 e. The molecule has 0 aliphatic carbocycles. The second kappa shape index (κ2) is 9.38. The molecule has 0 spiro atoms. The van der Waals surface area contributed by atoms with Gasteiger partial charge in [-0.15, -0.1) is 35.4 Å². The van der Waals surface area contributed by atoms with E-state index in [1.807, 2.05) is 30.3 Å². The van der Waals surface area contributed by atoms with Crippen LogP contribution < -0.4 is 0 Å². The van der Waals surface area contributed by atoms with Crippen LogP contribution in [-0.4, -0.2) is 8.07 Å². The first kappa shape index (κ1) is 19.3. The summed E-state index contributed by atoms with van der Waals surface area (Å²) in [6.45, 7) is 6.79. The molecule has 3 aromatic carbocycles. The van der Waals surface area contributed by atoms with Crippen LogP contribution in [-0.2, 0) is 17.1 Å². The first-order chi connectivity index (χ1) is 10.5. The minimum absolute atomic E-state index is 0. The van der Waals surface area contributed by atoms with Gasteiger partial charge < -0.3 is 30.3 Å². The molecule has 0 saturated carbocycles. The third-order valence-corrected chi connectivity index (χ3v) is 3.89. The Morgan fingerprint density at radius 2 is 1.30 bits per heavy atom. The molecular formula is C21H22FeSi-6. The molecule has 0 aliphatic heterocycles. The summed E-state index contributed by atoms with van der Waals surface area (Å²) in [5.74, 6) is 3.27.